The second-order valence-electron chi connectivity index (χ2n) is 4.55. The maximum absolute atomic E-state index is 10.9. The first-order valence-corrected chi connectivity index (χ1v) is 7.60. The smallest absolute Gasteiger partial charge is 0.335 e. The zero-order chi connectivity index (χ0) is 13.4. The minimum absolute atomic E-state index is 0.383. The van der Waals surface area contributed by atoms with Crippen molar-refractivity contribution in [2.24, 2.45) is 0 Å². The molecule has 1 rings (SSSR count). The quantitative estimate of drug-likeness (QED) is 0.544. The summed E-state index contributed by atoms with van der Waals surface area (Å²) < 4.78 is 0. The SMILES string of the molecule is CCCCCCCSc1cc(C(=O)O)ccc1C. The molecule has 0 aliphatic carbocycles. The molecule has 0 aliphatic rings. The molecule has 1 aromatic rings. The molecule has 0 unspecified atom stereocenters. The summed E-state index contributed by atoms with van der Waals surface area (Å²) in [6, 6.07) is 5.35. The van der Waals surface area contributed by atoms with Crippen molar-refractivity contribution in [3.63, 3.8) is 0 Å². The highest BCUT2D eigenvalue weighted by atomic mass is 32.2. The molecular formula is C15H22O2S. The number of hydrogen-bond acceptors (Lipinski definition) is 2. The molecule has 1 N–H and O–H groups in total. The van der Waals surface area contributed by atoms with Crippen LogP contribution in [0.5, 0.6) is 0 Å². The Labute approximate surface area is 114 Å². The normalized spacial score (nSPS) is 10.6. The van der Waals surface area contributed by atoms with E-state index in [2.05, 4.69) is 6.92 Å². The summed E-state index contributed by atoms with van der Waals surface area (Å²) in [7, 11) is 0. The number of unbranched alkanes of at least 4 members (excludes halogenated alkanes) is 4. The summed E-state index contributed by atoms with van der Waals surface area (Å²) in [6.45, 7) is 4.25. The minimum atomic E-state index is -0.847. The molecule has 0 fully saturated rings. The maximum Gasteiger partial charge on any atom is 0.335 e. The average Bonchev–Trinajstić information content (AvgIpc) is 2.35. The molecule has 0 aromatic heterocycles. The van der Waals surface area contributed by atoms with Gasteiger partial charge in [-0.05, 0) is 36.8 Å². The van der Waals surface area contributed by atoms with Gasteiger partial charge in [0.1, 0.15) is 0 Å². The van der Waals surface area contributed by atoms with Crippen LogP contribution in [0.2, 0.25) is 0 Å². The maximum atomic E-state index is 10.9. The predicted molar refractivity (Wildman–Crippen MR) is 77.6 cm³/mol. The lowest BCUT2D eigenvalue weighted by Gasteiger charge is -2.06. The van der Waals surface area contributed by atoms with Gasteiger partial charge in [-0.15, -0.1) is 11.8 Å². The van der Waals surface area contributed by atoms with Gasteiger partial charge in [0.2, 0.25) is 0 Å². The van der Waals surface area contributed by atoms with Crippen molar-refractivity contribution in [3.05, 3.63) is 29.3 Å². The number of thioether (sulfide) groups is 1. The second-order valence-corrected chi connectivity index (χ2v) is 5.68. The molecule has 0 bridgehead atoms. The summed E-state index contributed by atoms with van der Waals surface area (Å²) in [6.07, 6.45) is 6.39. The fourth-order valence-electron chi connectivity index (χ4n) is 1.78. The number of carboxylic acids is 1. The first kappa shape index (κ1) is 15.1. The van der Waals surface area contributed by atoms with E-state index in [4.69, 9.17) is 5.11 Å². The van der Waals surface area contributed by atoms with Gasteiger partial charge in [0, 0.05) is 4.90 Å². The van der Waals surface area contributed by atoms with Gasteiger partial charge >= 0.3 is 5.97 Å². The van der Waals surface area contributed by atoms with Gasteiger partial charge < -0.3 is 5.11 Å². The minimum Gasteiger partial charge on any atom is -0.478 e. The predicted octanol–water partition coefficient (Wildman–Crippen LogP) is 4.76. The first-order valence-electron chi connectivity index (χ1n) is 6.62. The number of rotatable bonds is 8. The molecule has 3 heteroatoms. The zero-order valence-electron chi connectivity index (χ0n) is 11.2. The fourth-order valence-corrected chi connectivity index (χ4v) is 2.85. The molecule has 1 aromatic carbocycles. The van der Waals surface area contributed by atoms with Crippen molar-refractivity contribution in [1.82, 2.24) is 0 Å². The second kappa shape index (κ2) is 8.20. The molecule has 0 radical (unpaired) electrons. The van der Waals surface area contributed by atoms with E-state index in [0.29, 0.717) is 5.56 Å². The Kier molecular flexibility index (Phi) is 6.88. The summed E-state index contributed by atoms with van der Waals surface area (Å²) in [5.41, 5.74) is 1.55. The summed E-state index contributed by atoms with van der Waals surface area (Å²) in [5.74, 6) is 0.230. The number of hydrogen-bond donors (Lipinski definition) is 1. The highest BCUT2D eigenvalue weighted by Crippen LogP contribution is 2.25. The van der Waals surface area contributed by atoms with Gasteiger partial charge in [-0.1, -0.05) is 38.7 Å². The molecule has 0 amide bonds. The molecule has 0 saturated carbocycles. The van der Waals surface area contributed by atoms with Gasteiger partial charge in [0.25, 0.3) is 0 Å². The Morgan fingerprint density at radius 2 is 1.94 bits per heavy atom. The topological polar surface area (TPSA) is 37.3 Å². The monoisotopic (exact) mass is 266 g/mol. The van der Waals surface area contributed by atoms with Gasteiger partial charge in [0.15, 0.2) is 0 Å². The largest absolute Gasteiger partial charge is 0.478 e. The van der Waals surface area contributed by atoms with Gasteiger partial charge in [-0.3, -0.25) is 0 Å². The highest BCUT2D eigenvalue weighted by molar-refractivity contribution is 7.99. The van der Waals surface area contributed by atoms with Crippen molar-refractivity contribution >= 4 is 17.7 Å². The summed E-state index contributed by atoms with van der Waals surface area (Å²) in [5, 5.41) is 8.96. The molecule has 0 spiro atoms. The Bertz CT molecular complexity index is 388. The Morgan fingerprint density at radius 3 is 2.61 bits per heavy atom. The number of benzene rings is 1. The molecule has 0 heterocycles. The molecule has 18 heavy (non-hydrogen) atoms. The third kappa shape index (κ3) is 5.13. The van der Waals surface area contributed by atoms with Crippen LogP contribution in [0.25, 0.3) is 0 Å². The molecule has 100 valence electrons. The van der Waals surface area contributed by atoms with Crippen LogP contribution in [0.1, 0.15) is 54.9 Å². The lowest BCUT2D eigenvalue weighted by atomic mass is 10.1. The molecule has 0 saturated heterocycles. The number of aromatic carboxylic acids is 1. The van der Waals surface area contributed by atoms with Crippen molar-refractivity contribution in [2.75, 3.05) is 5.75 Å². The van der Waals surface area contributed by atoms with Gasteiger partial charge in [0.05, 0.1) is 5.56 Å². The summed E-state index contributed by atoms with van der Waals surface area (Å²) in [4.78, 5) is 12.0. The van der Waals surface area contributed by atoms with E-state index in [1.54, 1.807) is 23.9 Å². The van der Waals surface area contributed by atoms with Gasteiger partial charge in [-0.2, -0.15) is 0 Å². The van der Waals surface area contributed by atoms with Crippen molar-refractivity contribution in [2.45, 2.75) is 50.8 Å². The van der Waals surface area contributed by atoms with Crippen LogP contribution in [-0.2, 0) is 0 Å². The van der Waals surface area contributed by atoms with E-state index in [9.17, 15) is 4.79 Å². The van der Waals surface area contributed by atoms with E-state index in [0.717, 1.165) is 10.6 Å². The Morgan fingerprint density at radius 1 is 1.22 bits per heavy atom. The van der Waals surface area contributed by atoms with Crippen LogP contribution in [0.4, 0.5) is 0 Å². The number of carboxylic acid groups (broad SMARTS) is 1. The molecule has 2 nitrogen and oxygen atoms in total. The molecule has 0 atom stereocenters. The van der Waals surface area contributed by atoms with E-state index in [1.165, 1.54) is 37.7 Å². The fraction of sp³-hybridized carbons (Fsp3) is 0.533. The van der Waals surface area contributed by atoms with Crippen LogP contribution in [0.15, 0.2) is 23.1 Å². The number of aryl methyl sites for hydroxylation is 1. The third-order valence-electron chi connectivity index (χ3n) is 2.94. The lowest BCUT2D eigenvalue weighted by molar-refractivity contribution is 0.0696. The molecule has 0 aliphatic heterocycles. The van der Waals surface area contributed by atoms with Crippen molar-refractivity contribution in [1.29, 1.82) is 0 Å². The van der Waals surface area contributed by atoms with Crippen LogP contribution in [0, 0.1) is 6.92 Å². The summed E-state index contributed by atoms with van der Waals surface area (Å²) >= 11 is 1.77. The van der Waals surface area contributed by atoms with Crippen molar-refractivity contribution in [3.8, 4) is 0 Å². The highest BCUT2D eigenvalue weighted by Gasteiger charge is 2.06. The van der Waals surface area contributed by atoms with Gasteiger partial charge in [-0.25, -0.2) is 4.79 Å². The van der Waals surface area contributed by atoms with Crippen LogP contribution in [-0.4, -0.2) is 16.8 Å². The van der Waals surface area contributed by atoms with Crippen molar-refractivity contribution < 1.29 is 9.90 Å². The molecular weight excluding hydrogens is 244 g/mol. The number of carbonyl (C=O) groups is 1. The third-order valence-corrected chi connectivity index (χ3v) is 4.18. The zero-order valence-corrected chi connectivity index (χ0v) is 12.1. The Hall–Kier alpha value is -0.960. The lowest BCUT2D eigenvalue weighted by Crippen LogP contribution is -1.97. The van der Waals surface area contributed by atoms with E-state index in [1.807, 2.05) is 13.0 Å². The first-order chi connectivity index (χ1) is 8.65. The standard InChI is InChI=1S/C15H22O2S/c1-3-4-5-6-7-10-18-14-11-13(15(16)17)9-8-12(14)2/h8-9,11H,3-7,10H2,1-2H3,(H,16,17). The average molecular weight is 266 g/mol. The van der Waals surface area contributed by atoms with Crippen LogP contribution < -0.4 is 0 Å². The van der Waals surface area contributed by atoms with Crippen LogP contribution >= 0.6 is 11.8 Å². The van der Waals surface area contributed by atoms with E-state index >= 15 is 0 Å². The van der Waals surface area contributed by atoms with E-state index < -0.39 is 5.97 Å². The van der Waals surface area contributed by atoms with E-state index in [-0.39, 0.29) is 0 Å². The Balaban J connectivity index is 2.41. The van der Waals surface area contributed by atoms with Crippen LogP contribution in [0.3, 0.4) is 0 Å².